The molecule has 3 saturated carbocycles. The quantitative estimate of drug-likeness (QED) is 0.486. The van der Waals surface area contributed by atoms with Crippen LogP contribution in [0.15, 0.2) is 23.3 Å². The van der Waals surface area contributed by atoms with Crippen LogP contribution in [0.4, 0.5) is 0 Å². The van der Waals surface area contributed by atoms with E-state index in [0.29, 0.717) is 17.1 Å². The second-order valence-electron chi connectivity index (χ2n) is 12.9. The van der Waals surface area contributed by atoms with Gasteiger partial charge in [-0.3, -0.25) is 4.79 Å². The molecule has 4 rings (SSSR count). The van der Waals surface area contributed by atoms with Crippen LogP contribution in [0.25, 0.3) is 0 Å². The van der Waals surface area contributed by atoms with Gasteiger partial charge in [0.05, 0.1) is 6.10 Å². The van der Waals surface area contributed by atoms with E-state index in [1.165, 1.54) is 43.3 Å². The second kappa shape index (κ2) is 7.86. The van der Waals surface area contributed by atoms with Crippen LogP contribution in [0.3, 0.4) is 0 Å². The summed E-state index contributed by atoms with van der Waals surface area (Å²) in [5.74, 6) is 4.05. The summed E-state index contributed by atoms with van der Waals surface area (Å²) in [7, 11) is 0. The molecule has 0 unspecified atom stereocenters. The molecule has 31 heavy (non-hydrogen) atoms. The Bertz CT molecular complexity index is 785. The van der Waals surface area contributed by atoms with Crippen LogP contribution in [-0.4, -0.2) is 17.0 Å². The molecule has 0 aliphatic heterocycles. The van der Waals surface area contributed by atoms with Crippen molar-refractivity contribution in [2.24, 2.45) is 45.8 Å². The Morgan fingerprint density at radius 2 is 1.84 bits per heavy atom. The first kappa shape index (κ1) is 23.3. The molecule has 4 aliphatic rings. The molecule has 2 nitrogen and oxygen atoms in total. The van der Waals surface area contributed by atoms with E-state index in [1.807, 2.05) is 6.08 Å². The highest BCUT2D eigenvalue weighted by Gasteiger charge is 2.61. The van der Waals surface area contributed by atoms with Gasteiger partial charge in [-0.25, -0.2) is 0 Å². The van der Waals surface area contributed by atoms with Gasteiger partial charge in [0.25, 0.3) is 0 Å². The SMILES string of the molecule is CC(C)=C[C@@H](O)C[C@@H](C)[C@H]1CC[C@H]2[C@@H]3CC=C4C(C)(C)C(=O)CC[C@]4(C)[C@H]3CC[C@]12C. The number of aliphatic hydroxyl groups is 1. The average molecular weight is 427 g/mol. The van der Waals surface area contributed by atoms with Crippen molar-refractivity contribution >= 4 is 5.78 Å². The molecule has 0 saturated heterocycles. The molecule has 3 fully saturated rings. The van der Waals surface area contributed by atoms with Gasteiger partial charge >= 0.3 is 0 Å². The highest BCUT2D eigenvalue weighted by molar-refractivity contribution is 5.89. The fourth-order valence-electron chi connectivity index (χ4n) is 9.19. The van der Waals surface area contributed by atoms with Crippen molar-refractivity contribution in [2.75, 3.05) is 0 Å². The monoisotopic (exact) mass is 426 g/mol. The average Bonchev–Trinajstić information content (AvgIpc) is 3.02. The minimum absolute atomic E-state index is 0.213. The van der Waals surface area contributed by atoms with Crippen molar-refractivity contribution in [3.63, 3.8) is 0 Å². The Kier molecular flexibility index (Phi) is 5.90. The van der Waals surface area contributed by atoms with Crippen molar-refractivity contribution in [3.05, 3.63) is 23.3 Å². The van der Waals surface area contributed by atoms with Gasteiger partial charge in [0.1, 0.15) is 5.78 Å². The number of rotatable bonds is 4. The Hall–Kier alpha value is -0.890. The zero-order valence-electron chi connectivity index (χ0n) is 21.1. The number of fused-ring (bicyclic) bond motifs is 5. The third-order valence-corrected chi connectivity index (χ3v) is 10.6. The van der Waals surface area contributed by atoms with Gasteiger partial charge in [0.15, 0.2) is 0 Å². The van der Waals surface area contributed by atoms with E-state index in [-0.39, 0.29) is 16.9 Å². The normalized spacial score (nSPS) is 43.2. The summed E-state index contributed by atoms with van der Waals surface area (Å²) in [6.07, 6.45) is 13.4. The topological polar surface area (TPSA) is 37.3 Å². The van der Waals surface area contributed by atoms with Crippen LogP contribution in [-0.2, 0) is 4.79 Å². The molecule has 0 radical (unpaired) electrons. The molecular weight excluding hydrogens is 380 g/mol. The Morgan fingerprint density at radius 3 is 2.52 bits per heavy atom. The number of Topliss-reactive ketones (excluding diaryl/α,β-unsaturated/α-hetero) is 1. The van der Waals surface area contributed by atoms with Crippen LogP contribution in [0.5, 0.6) is 0 Å². The summed E-state index contributed by atoms with van der Waals surface area (Å²) in [5, 5.41) is 10.5. The van der Waals surface area contributed by atoms with Crippen LogP contribution in [0, 0.1) is 45.8 Å². The fourth-order valence-corrected chi connectivity index (χ4v) is 9.19. The minimum atomic E-state index is -0.305. The summed E-state index contributed by atoms with van der Waals surface area (Å²) >= 11 is 0. The maximum atomic E-state index is 12.7. The molecule has 0 aromatic carbocycles. The highest BCUT2D eigenvalue weighted by atomic mass is 16.3. The molecule has 1 N–H and O–H groups in total. The van der Waals surface area contributed by atoms with E-state index in [1.54, 1.807) is 0 Å². The van der Waals surface area contributed by atoms with Crippen LogP contribution in [0.2, 0.25) is 0 Å². The first-order valence-electron chi connectivity index (χ1n) is 13.0. The lowest BCUT2D eigenvalue weighted by atomic mass is 9.44. The number of allylic oxidation sites excluding steroid dienone is 3. The van der Waals surface area contributed by atoms with Crippen molar-refractivity contribution < 1.29 is 9.90 Å². The molecule has 2 heteroatoms. The molecule has 0 heterocycles. The molecular formula is C29H46O2. The maximum absolute atomic E-state index is 12.7. The zero-order chi connectivity index (χ0) is 22.8. The van der Waals surface area contributed by atoms with Gasteiger partial charge in [-0.05, 0) is 113 Å². The van der Waals surface area contributed by atoms with Gasteiger partial charge in [0, 0.05) is 11.8 Å². The Balaban J connectivity index is 1.57. The van der Waals surface area contributed by atoms with Gasteiger partial charge in [-0.1, -0.05) is 44.1 Å². The Labute approximate surface area is 191 Å². The molecule has 4 aliphatic carbocycles. The summed E-state index contributed by atoms with van der Waals surface area (Å²) in [4.78, 5) is 12.7. The van der Waals surface area contributed by atoms with Crippen molar-refractivity contribution in [2.45, 2.75) is 106 Å². The van der Waals surface area contributed by atoms with Crippen molar-refractivity contribution in [1.29, 1.82) is 0 Å². The third kappa shape index (κ3) is 3.60. The van der Waals surface area contributed by atoms with Gasteiger partial charge in [0.2, 0.25) is 0 Å². The second-order valence-corrected chi connectivity index (χ2v) is 12.9. The number of ketones is 1. The largest absolute Gasteiger partial charge is 0.389 e. The third-order valence-electron chi connectivity index (χ3n) is 10.6. The Morgan fingerprint density at radius 1 is 1.13 bits per heavy atom. The number of hydrogen-bond acceptors (Lipinski definition) is 2. The van der Waals surface area contributed by atoms with E-state index in [4.69, 9.17) is 0 Å². The predicted octanol–water partition coefficient (Wildman–Crippen LogP) is 7.12. The first-order valence-corrected chi connectivity index (χ1v) is 13.0. The van der Waals surface area contributed by atoms with E-state index < -0.39 is 0 Å². The maximum Gasteiger partial charge on any atom is 0.142 e. The van der Waals surface area contributed by atoms with Crippen LogP contribution >= 0.6 is 0 Å². The fraction of sp³-hybridized carbons (Fsp3) is 0.828. The predicted molar refractivity (Wildman–Crippen MR) is 129 cm³/mol. The van der Waals surface area contributed by atoms with E-state index in [9.17, 15) is 9.90 Å². The summed E-state index contributed by atoms with van der Waals surface area (Å²) in [5.41, 5.74) is 3.03. The van der Waals surface area contributed by atoms with Crippen LogP contribution < -0.4 is 0 Å². The lowest BCUT2D eigenvalue weighted by Gasteiger charge is -2.60. The molecule has 0 aromatic rings. The van der Waals surface area contributed by atoms with E-state index >= 15 is 0 Å². The zero-order valence-corrected chi connectivity index (χ0v) is 21.1. The van der Waals surface area contributed by atoms with Crippen LogP contribution in [0.1, 0.15) is 99.8 Å². The summed E-state index contributed by atoms with van der Waals surface area (Å²) < 4.78 is 0. The minimum Gasteiger partial charge on any atom is -0.389 e. The van der Waals surface area contributed by atoms with E-state index in [0.717, 1.165) is 42.9 Å². The number of hydrogen-bond donors (Lipinski definition) is 1. The van der Waals surface area contributed by atoms with Gasteiger partial charge < -0.3 is 5.11 Å². The van der Waals surface area contributed by atoms with Crippen molar-refractivity contribution in [3.8, 4) is 0 Å². The van der Waals surface area contributed by atoms with Gasteiger partial charge in [-0.2, -0.15) is 0 Å². The number of carbonyl (C=O) groups excluding carboxylic acids is 1. The molecule has 0 amide bonds. The molecule has 174 valence electrons. The first-order chi connectivity index (χ1) is 14.4. The lowest BCUT2D eigenvalue weighted by Crippen LogP contribution is -2.53. The standard InChI is InChI=1S/C29H46O2/c1-18(2)16-20(30)17-19(3)22-9-10-23-21-8-11-25-27(4,5)26(31)13-15-29(25,7)24(21)12-14-28(22,23)6/h11,16,19-24,30H,8-10,12-15,17H2,1-7H3/t19-,20-,21+,22-,23+,24+,28-,29-/m1/s1. The summed E-state index contributed by atoms with van der Waals surface area (Å²) in [6.45, 7) is 16.0. The molecule has 0 spiro atoms. The lowest BCUT2D eigenvalue weighted by molar-refractivity contribution is -0.132. The number of aliphatic hydroxyl groups excluding tert-OH is 1. The molecule has 8 atom stereocenters. The smallest absolute Gasteiger partial charge is 0.142 e. The van der Waals surface area contributed by atoms with E-state index in [2.05, 4.69) is 54.5 Å². The van der Waals surface area contributed by atoms with Gasteiger partial charge in [-0.15, -0.1) is 0 Å². The molecule has 0 aromatic heterocycles. The summed E-state index contributed by atoms with van der Waals surface area (Å²) in [6, 6.07) is 0. The van der Waals surface area contributed by atoms with Crippen molar-refractivity contribution in [1.82, 2.24) is 0 Å². The molecule has 0 bridgehead atoms. The number of carbonyl (C=O) groups is 1. The highest BCUT2D eigenvalue weighted by Crippen LogP contribution is 2.68.